The molecule has 0 radical (unpaired) electrons. The highest BCUT2D eigenvalue weighted by Crippen LogP contribution is 2.52. The fraction of sp³-hybridized carbons (Fsp3) is 0.684. The van der Waals surface area contributed by atoms with Gasteiger partial charge >= 0.3 is 0 Å². The van der Waals surface area contributed by atoms with Crippen LogP contribution >= 0.6 is 0 Å². The average Bonchev–Trinajstić information content (AvgIpc) is 3.16. The molecule has 22 heavy (non-hydrogen) atoms. The summed E-state index contributed by atoms with van der Waals surface area (Å²) in [7, 11) is 0. The van der Waals surface area contributed by atoms with Gasteiger partial charge in [0, 0.05) is 43.1 Å². The molecule has 3 fully saturated rings. The zero-order valence-electron chi connectivity index (χ0n) is 13.6. The molecular weight excluding hydrogens is 274 g/mol. The number of rotatable bonds is 4. The van der Waals surface area contributed by atoms with Crippen molar-refractivity contribution in [2.75, 3.05) is 19.8 Å². The Labute approximate surface area is 133 Å². The molecule has 0 bridgehead atoms. The zero-order valence-corrected chi connectivity index (χ0v) is 13.6. The molecule has 2 saturated heterocycles. The minimum Gasteiger partial charge on any atom is -0.377 e. The topological polar surface area (TPSA) is 30.5 Å². The molecule has 1 aromatic carbocycles. The lowest BCUT2D eigenvalue weighted by atomic mass is 9.57. The van der Waals surface area contributed by atoms with Crippen molar-refractivity contribution in [2.45, 2.75) is 44.9 Å². The molecule has 0 unspecified atom stereocenters. The van der Waals surface area contributed by atoms with Gasteiger partial charge in [0.25, 0.3) is 0 Å². The minimum absolute atomic E-state index is 0.257. The molecule has 0 aromatic heterocycles. The van der Waals surface area contributed by atoms with Crippen molar-refractivity contribution >= 4 is 0 Å². The normalized spacial score (nSPS) is 39.5. The molecule has 3 nitrogen and oxygen atoms in total. The van der Waals surface area contributed by atoms with Gasteiger partial charge in [-0.1, -0.05) is 44.2 Å². The molecule has 3 aliphatic rings. The van der Waals surface area contributed by atoms with Crippen molar-refractivity contribution in [3.63, 3.8) is 0 Å². The van der Waals surface area contributed by atoms with E-state index in [1.807, 2.05) is 0 Å². The molecule has 1 aliphatic carbocycles. The van der Waals surface area contributed by atoms with E-state index in [0.29, 0.717) is 24.0 Å². The van der Waals surface area contributed by atoms with Crippen LogP contribution in [-0.2, 0) is 9.47 Å². The molecule has 1 N–H and O–H groups in total. The van der Waals surface area contributed by atoms with E-state index in [1.54, 1.807) is 0 Å². The van der Waals surface area contributed by atoms with Crippen LogP contribution in [0.25, 0.3) is 0 Å². The van der Waals surface area contributed by atoms with Crippen molar-refractivity contribution in [1.29, 1.82) is 0 Å². The minimum atomic E-state index is 0.257. The van der Waals surface area contributed by atoms with Crippen molar-refractivity contribution in [1.82, 2.24) is 5.32 Å². The van der Waals surface area contributed by atoms with E-state index in [2.05, 4.69) is 49.5 Å². The summed E-state index contributed by atoms with van der Waals surface area (Å²) in [6.45, 7) is 7.57. The number of hydrogen-bond donors (Lipinski definition) is 1. The highest BCUT2D eigenvalue weighted by Gasteiger charge is 2.59. The van der Waals surface area contributed by atoms with E-state index in [0.717, 1.165) is 26.2 Å². The Hall–Kier alpha value is -0.900. The lowest BCUT2D eigenvalue weighted by molar-refractivity contribution is -0.113. The summed E-state index contributed by atoms with van der Waals surface area (Å²) in [4.78, 5) is 0. The van der Waals surface area contributed by atoms with Crippen LogP contribution in [-0.4, -0.2) is 31.9 Å². The van der Waals surface area contributed by atoms with E-state index in [4.69, 9.17) is 9.47 Å². The standard InChI is InChI=1S/C19H27NO2/c1-19(2)17(15-9-11-22-18(15)19)20-12-14-8-10-21-16(14)13-6-4-3-5-7-13/h3-7,14-18,20H,8-12H2,1-2H3/t14-,15-,16-,17-,18-/m1/s1. The molecule has 4 rings (SSSR count). The van der Waals surface area contributed by atoms with E-state index in [1.165, 1.54) is 12.0 Å². The zero-order chi connectivity index (χ0) is 15.2. The van der Waals surface area contributed by atoms with Gasteiger partial charge in [0.1, 0.15) is 0 Å². The fourth-order valence-electron chi connectivity index (χ4n) is 4.87. The van der Waals surface area contributed by atoms with Crippen LogP contribution < -0.4 is 5.32 Å². The summed E-state index contributed by atoms with van der Waals surface area (Å²) in [5.41, 5.74) is 1.59. The number of hydrogen-bond acceptors (Lipinski definition) is 3. The van der Waals surface area contributed by atoms with Crippen LogP contribution in [0.15, 0.2) is 30.3 Å². The van der Waals surface area contributed by atoms with Crippen molar-refractivity contribution in [3.05, 3.63) is 35.9 Å². The Bertz CT molecular complexity index is 515. The van der Waals surface area contributed by atoms with E-state index in [9.17, 15) is 0 Å². The first-order chi connectivity index (χ1) is 10.7. The molecule has 2 heterocycles. The number of benzene rings is 1. The van der Waals surface area contributed by atoms with Crippen molar-refractivity contribution in [2.24, 2.45) is 17.3 Å². The van der Waals surface area contributed by atoms with E-state index < -0.39 is 0 Å². The summed E-state index contributed by atoms with van der Waals surface area (Å²) in [6, 6.07) is 11.3. The lowest BCUT2D eigenvalue weighted by Crippen LogP contribution is -2.66. The molecule has 0 amide bonds. The van der Waals surface area contributed by atoms with Crippen LogP contribution in [0.1, 0.15) is 38.4 Å². The third kappa shape index (κ3) is 2.31. The van der Waals surface area contributed by atoms with Crippen LogP contribution in [0.3, 0.4) is 0 Å². The molecule has 1 saturated carbocycles. The van der Waals surface area contributed by atoms with Crippen LogP contribution in [0.2, 0.25) is 0 Å². The van der Waals surface area contributed by atoms with Crippen LogP contribution in [0, 0.1) is 17.3 Å². The van der Waals surface area contributed by atoms with Gasteiger partial charge in [0.15, 0.2) is 0 Å². The molecule has 5 atom stereocenters. The second kappa shape index (κ2) is 5.63. The summed E-state index contributed by atoms with van der Waals surface area (Å²) < 4.78 is 11.9. The van der Waals surface area contributed by atoms with Crippen molar-refractivity contribution in [3.8, 4) is 0 Å². The summed E-state index contributed by atoms with van der Waals surface area (Å²) >= 11 is 0. The van der Waals surface area contributed by atoms with Crippen LogP contribution in [0.5, 0.6) is 0 Å². The first kappa shape index (κ1) is 14.7. The molecule has 3 heteroatoms. The van der Waals surface area contributed by atoms with Gasteiger partial charge in [0.2, 0.25) is 0 Å². The predicted molar refractivity (Wildman–Crippen MR) is 86.7 cm³/mol. The highest BCUT2D eigenvalue weighted by molar-refractivity contribution is 5.19. The summed E-state index contributed by atoms with van der Waals surface area (Å²) in [6.07, 6.45) is 3.10. The van der Waals surface area contributed by atoms with Crippen LogP contribution in [0.4, 0.5) is 0 Å². The second-order valence-corrected chi connectivity index (χ2v) is 7.70. The SMILES string of the molecule is CC1(C)[C@H](NC[C@H]2CCO[C@@H]2c2ccccc2)[C@H]2CCO[C@H]21. The quantitative estimate of drug-likeness (QED) is 0.926. The van der Waals surface area contributed by atoms with Gasteiger partial charge in [-0.3, -0.25) is 0 Å². The summed E-state index contributed by atoms with van der Waals surface area (Å²) in [5, 5.41) is 3.86. The van der Waals surface area contributed by atoms with E-state index in [-0.39, 0.29) is 11.5 Å². The van der Waals surface area contributed by atoms with Gasteiger partial charge in [-0.05, 0) is 18.4 Å². The lowest BCUT2D eigenvalue weighted by Gasteiger charge is -2.55. The van der Waals surface area contributed by atoms with Gasteiger partial charge in [-0.15, -0.1) is 0 Å². The van der Waals surface area contributed by atoms with Crippen molar-refractivity contribution < 1.29 is 9.47 Å². The molecule has 2 aliphatic heterocycles. The van der Waals surface area contributed by atoms with E-state index >= 15 is 0 Å². The maximum absolute atomic E-state index is 6.01. The van der Waals surface area contributed by atoms with Gasteiger partial charge in [-0.2, -0.15) is 0 Å². The highest BCUT2D eigenvalue weighted by atomic mass is 16.5. The second-order valence-electron chi connectivity index (χ2n) is 7.70. The fourth-order valence-corrected chi connectivity index (χ4v) is 4.87. The maximum atomic E-state index is 6.01. The Morgan fingerprint density at radius 2 is 1.86 bits per heavy atom. The van der Waals surface area contributed by atoms with Gasteiger partial charge < -0.3 is 14.8 Å². The first-order valence-corrected chi connectivity index (χ1v) is 8.69. The monoisotopic (exact) mass is 301 g/mol. The predicted octanol–water partition coefficient (Wildman–Crippen LogP) is 3.17. The number of ether oxygens (including phenoxy) is 2. The number of fused-ring (bicyclic) bond motifs is 1. The van der Waals surface area contributed by atoms with Gasteiger partial charge in [-0.25, -0.2) is 0 Å². The van der Waals surface area contributed by atoms with Gasteiger partial charge in [0.05, 0.1) is 12.2 Å². The Kier molecular flexibility index (Phi) is 3.75. The largest absolute Gasteiger partial charge is 0.377 e. The molecular formula is C19H27NO2. The third-order valence-corrected chi connectivity index (χ3v) is 6.04. The first-order valence-electron chi connectivity index (χ1n) is 8.69. The number of nitrogens with one attached hydrogen (secondary N) is 1. The third-order valence-electron chi connectivity index (χ3n) is 6.04. The summed E-state index contributed by atoms with van der Waals surface area (Å²) in [5.74, 6) is 1.30. The molecule has 1 aromatic rings. The Morgan fingerprint density at radius 3 is 2.68 bits per heavy atom. The Balaban J connectivity index is 1.39. The Morgan fingerprint density at radius 1 is 1.09 bits per heavy atom. The molecule has 120 valence electrons. The maximum Gasteiger partial charge on any atom is 0.0866 e. The average molecular weight is 301 g/mol. The molecule has 0 spiro atoms. The smallest absolute Gasteiger partial charge is 0.0866 e.